The molecule has 4 nitrogen and oxygen atoms in total. The maximum absolute atomic E-state index is 11.9. The number of rotatable bonds is 1. The van der Waals surface area contributed by atoms with E-state index in [-0.39, 0.29) is 5.75 Å². The van der Waals surface area contributed by atoms with Gasteiger partial charge in [-0.3, -0.25) is 4.31 Å². The van der Waals surface area contributed by atoms with Crippen molar-refractivity contribution in [3.63, 3.8) is 0 Å². The van der Waals surface area contributed by atoms with Gasteiger partial charge in [0.05, 0.1) is 11.4 Å². The Morgan fingerprint density at radius 1 is 1.31 bits per heavy atom. The predicted octanol–water partition coefficient (Wildman–Crippen LogP) is 1.43. The van der Waals surface area contributed by atoms with E-state index in [0.29, 0.717) is 18.7 Å². The van der Waals surface area contributed by atoms with Crippen molar-refractivity contribution in [3.05, 3.63) is 23.3 Å². The molecule has 2 rings (SSSR count). The third-order valence-corrected chi connectivity index (χ3v) is 4.86. The maximum Gasteiger partial charge on any atom is 0.235 e. The van der Waals surface area contributed by atoms with Crippen molar-refractivity contribution < 1.29 is 8.42 Å². The van der Waals surface area contributed by atoms with Crippen molar-refractivity contribution in [1.29, 1.82) is 0 Å². The summed E-state index contributed by atoms with van der Waals surface area (Å²) in [4.78, 5) is 0. The molecule has 0 saturated carbocycles. The largest absolute Gasteiger partial charge is 0.398 e. The molecule has 1 aromatic rings. The topological polar surface area (TPSA) is 63.4 Å². The van der Waals surface area contributed by atoms with Crippen LogP contribution in [0.1, 0.15) is 17.5 Å². The van der Waals surface area contributed by atoms with E-state index in [1.54, 1.807) is 0 Å². The average Bonchev–Trinajstić information content (AvgIpc) is 2.54. The molecule has 0 aromatic heterocycles. The lowest BCUT2D eigenvalue weighted by molar-refractivity contribution is 0.599. The highest BCUT2D eigenvalue weighted by molar-refractivity contribution is 7.93. The first kappa shape index (κ1) is 11.3. The van der Waals surface area contributed by atoms with Gasteiger partial charge in [0.1, 0.15) is 0 Å². The molecule has 0 radical (unpaired) electrons. The molecule has 1 aromatic carbocycles. The van der Waals surface area contributed by atoms with Gasteiger partial charge in [0, 0.05) is 12.2 Å². The second-order valence-electron chi connectivity index (χ2n) is 4.19. The zero-order chi connectivity index (χ0) is 11.9. The Labute approximate surface area is 96.1 Å². The summed E-state index contributed by atoms with van der Waals surface area (Å²) < 4.78 is 25.2. The van der Waals surface area contributed by atoms with Crippen molar-refractivity contribution in [2.45, 2.75) is 20.3 Å². The monoisotopic (exact) mass is 240 g/mol. The standard InChI is InChI=1S/C11H16N2O2S/c1-8-4-5-10(12)9(2)11(8)13-6-3-7-16(13,14)15/h4-5H,3,6-7,12H2,1-2H3. The van der Waals surface area contributed by atoms with E-state index in [1.165, 1.54) is 4.31 Å². The van der Waals surface area contributed by atoms with Crippen molar-refractivity contribution >= 4 is 21.4 Å². The van der Waals surface area contributed by atoms with Gasteiger partial charge in [0.15, 0.2) is 0 Å². The van der Waals surface area contributed by atoms with Gasteiger partial charge >= 0.3 is 0 Å². The van der Waals surface area contributed by atoms with Crippen LogP contribution in [0.15, 0.2) is 12.1 Å². The molecule has 1 aliphatic rings. The van der Waals surface area contributed by atoms with Gasteiger partial charge in [-0.1, -0.05) is 6.07 Å². The average molecular weight is 240 g/mol. The van der Waals surface area contributed by atoms with Crippen LogP contribution in [0.2, 0.25) is 0 Å². The highest BCUT2D eigenvalue weighted by atomic mass is 32.2. The summed E-state index contributed by atoms with van der Waals surface area (Å²) in [6.45, 7) is 4.34. The van der Waals surface area contributed by atoms with Crippen LogP contribution in [0, 0.1) is 13.8 Å². The number of aryl methyl sites for hydroxylation is 1. The molecule has 0 spiro atoms. The highest BCUT2D eigenvalue weighted by Gasteiger charge is 2.30. The Kier molecular flexibility index (Phi) is 2.58. The van der Waals surface area contributed by atoms with E-state index in [2.05, 4.69) is 0 Å². The molecule has 2 N–H and O–H groups in total. The van der Waals surface area contributed by atoms with Crippen LogP contribution < -0.4 is 10.0 Å². The van der Waals surface area contributed by atoms with Crippen LogP contribution in [-0.4, -0.2) is 20.7 Å². The SMILES string of the molecule is Cc1ccc(N)c(C)c1N1CCCS1(=O)=O. The highest BCUT2D eigenvalue weighted by Crippen LogP contribution is 2.33. The van der Waals surface area contributed by atoms with Crippen LogP contribution in [-0.2, 0) is 10.0 Å². The molecule has 1 saturated heterocycles. The molecule has 1 heterocycles. The molecule has 1 aliphatic heterocycles. The van der Waals surface area contributed by atoms with Gasteiger partial charge in [-0.2, -0.15) is 0 Å². The number of benzene rings is 1. The number of nitrogens with two attached hydrogens (primary N) is 1. The normalized spacial score (nSPS) is 19.0. The minimum absolute atomic E-state index is 0.237. The summed E-state index contributed by atoms with van der Waals surface area (Å²) in [6, 6.07) is 3.68. The first-order chi connectivity index (χ1) is 7.43. The molecular formula is C11H16N2O2S. The second kappa shape index (κ2) is 3.66. The lowest BCUT2D eigenvalue weighted by atomic mass is 10.1. The molecule has 88 valence electrons. The molecule has 0 bridgehead atoms. The summed E-state index contributed by atoms with van der Waals surface area (Å²) in [7, 11) is -3.12. The van der Waals surface area contributed by atoms with Crippen LogP contribution >= 0.6 is 0 Å². The van der Waals surface area contributed by atoms with Gasteiger partial charge in [-0.25, -0.2) is 8.42 Å². The molecule has 0 atom stereocenters. The number of anilines is 2. The first-order valence-corrected chi connectivity index (χ1v) is 6.90. The van der Waals surface area contributed by atoms with Crippen molar-refractivity contribution in [2.75, 3.05) is 22.3 Å². The van der Waals surface area contributed by atoms with Crippen molar-refractivity contribution in [2.24, 2.45) is 0 Å². The fourth-order valence-electron chi connectivity index (χ4n) is 2.13. The van der Waals surface area contributed by atoms with E-state index in [0.717, 1.165) is 16.8 Å². The lowest BCUT2D eigenvalue weighted by Gasteiger charge is -2.22. The minimum Gasteiger partial charge on any atom is -0.398 e. The zero-order valence-electron chi connectivity index (χ0n) is 9.53. The second-order valence-corrected chi connectivity index (χ2v) is 6.20. The Morgan fingerprint density at radius 2 is 2.00 bits per heavy atom. The van der Waals surface area contributed by atoms with Gasteiger partial charge in [-0.15, -0.1) is 0 Å². The number of hydrogen-bond donors (Lipinski definition) is 1. The van der Waals surface area contributed by atoms with Crippen LogP contribution in [0.3, 0.4) is 0 Å². The van der Waals surface area contributed by atoms with E-state index < -0.39 is 10.0 Å². The Bertz CT molecular complexity index is 523. The maximum atomic E-state index is 11.9. The Hall–Kier alpha value is -1.23. The van der Waals surface area contributed by atoms with Crippen LogP contribution in [0.5, 0.6) is 0 Å². The summed E-state index contributed by atoms with van der Waals surface area (Å²) in [6.07, 6.45) is 0.690. The van der Waals surface area contributed by atoms with Gasteiger partial charge in [-0.05, 0) is 37.5 Å². The molecule has 1 fully saturated rings. The zero-order valence-corrected chi connectivity index (χ0v) is 10.3. The summed E-state index contributed by atoms with van der Waals surface area (Å²) >= 11 is 0. The van der Waals surface area contributed by atoms with Crippen molar-refractivity contribution in [1.82, 2.24) is 0 Å². The minimum atomic E-state index is -3.12. The third-order valence-electron chi connectivity index (χ3n) is 3.02. The van der Waals surface area contributed by atoms with Gasteiger partial charge in [0.2, 0.25) is 10.0 Å². The van der Waals surface area contributed by atoms with Gasteiger partial charge in [0.25, 0.3) is 0 Å². The Balaban J connectivity index is 2.61. The number of sulfonamides is 1. The molecular weight excluding hydrogens is 224 g/mol. The number of hydrogen-bond acceptors (Lipinski definition) is 3. The molecule has 0 amide bonds. The molecule has 0 aliphatic carbocycles. The Morgan fingerprint density at radius 3 is 2.56 bits per heavy atom. The quantitative estimate of drug-likeness (QED) is 0.755. The van der Waals surface area contributed by atoms with Crippen LogP contribution in [0.4, 0.5) is 11.4 Å². The fraction of sp³-hybridized carbons (Fsp3) is 0.455. The molecule has 0 unspecified atom stereocenters. The van der Waals surface area contributed by atoms with E-state index in [4.69, 9.17) is 5.73 Å². The summed E-state index contributed by atoms with van der Waals surface area (Å²) in [5.41, 5.74) is 9.04. The summed E-state index contributed by atoms with van der Waals surface area (Å²) in [5.74, 6) is 0.237. The molecule has 5 heteroatoms. The number of nitrogens with zero attached hydrogens (tertiary/aromatic N) is 1. The van der Waals surface area contributed by atoms with Crippen molar-refractivity contribution in [3.8, 4) is 0 Å². The van der Waals surface area contributed by atoms with Crippen LogP contribution in [0.25, 0.3) is 0 Å². The molecule has 16 heavy (non-hydrogen) atoms. The summed E-state index contributed by atoms with van der Waals surface area (Å²) in [5, 5.41) is 0. The predicted molar refractivity (Wildman–Crippen MR) is 66.1 cm³/mol. The number of nitrogen functional groups attached to an aromatic ring is 1. The fourth-order valence-corrected chi connectivity index (χ4v) is 3.81. The smallest absolute Gasteiger partial charge is 0.235 e. The van der Waals surface area contributed by atoms with E-state index in [9.17, 15) is 8.42 Å². The van der Waals surface area contributed by atoms with Gasteiger partial charge < -0.3 is 5.73 Å². The van der Waals surface area contributed by atoms with E-state index in [1.807, 2.05) is 26.0 Å². The third kappa shape index (κ3) is 1.65. The lowest BCUT2D eigenvalue weighted by Crippen LogP contribution is -2.26. The van der Waals surface area contributed by atoms with E-state index >= 15 is 0 Å². The first-order valence-electron chi connectivity index (χ1n) is 5.29.